The Morgan fingerprint density at radius 1 is 1.26 bits per heavy atom. The third-order valence-corrected chi connectivity index (χ3v) is 4.56. The first-order valence-electron chi connectivity index (χ1n) is 5.58. The molecule has 5 heteroatoms. The van der Waals surface area contributed by atoms with Gasteiger partial charge in [-0.2, -0.15) is 0 Å². The fourth-order valence-electron chi connectivity index (χ4n) is 1.61. The molecule has 0 saturated carbocycles. The average Bonchev–Trinajstić information content (AvgIpc) is 2.38. The fraction of sp³-hybridized carbons (Fsp3) is 0.0714. The number of benzene rings is 2. The Balaban J connectivity index is 2.20. The Labute approximate surface area is 130 Å². The molecule has 0 saturated heterocycles. The van der Waals surface area contributed by atoms with Gasteiger partial charge in [-0.3, -0.25) is 5.41 Å². The lowest BCUT2D eigenvalue weighted by atomic mass is 10.2. The molecule has 0 radical (unpaired) electrons. The van der Waals surface area contributed by atoms with E-state index in [2.05, 4.69) is 15.9 Å². The highest BCUT2D eigenvalue weighted by atomic mass is 79.9. The maximum atomic E-state index is 7.62. The molecule has 2 nitrogen and oxygen atoms in total. The summed E-state index contributed by atoms with van der Waals surface area (Å²) in [6.45, 7) is 0. The van der Waals surface area contributed by atoms with E-state index in [1.165, 1.54) is 0 Å². The zero-order valence-corrected chi connectivity index (χ0v) is 13.1. The first-order chi connectivity index (χ1) is 9.08. The molecule has 0 aliphatic rings. The number of hydrogen-bond acceptors (Lipinski definition) is 2. The Hall–Kier alpha value is -0.970. The molecule has 0 aromatic heterocycles. The van der Waals surface area contributed by atoms with Gasteiger partial charge in [-0.25, -0.2) is 0 Å². The van der Waals surface area contributed by atoms with Crippen molar-refractivity contribution < 1.29 is 0 Å². The van der Waals surface area contributed by atoms with Crippen molar-refractivity contribution in [1.82, 2.24) is 0 Å². The van der Waals surface area contributed by atoms with Crippen molar-refractivity contribution in [2.45, 2.75) is 10.6 Å². The summed E-state index contributed by atoms with van der Waals surface area (Å²) in [4.78, 5) is 0.982. The number of hydrogen-bond donors (Lipinski definition) is 2. The van der Waals surface area contributed by atoms with Crippen LogP contribution in [0.4, 0.5) is 0 Å². The number of rotatable bonds is 4. The summed E-state index contributed by atoms with van der Waals surface area (Å²) < 4.78 is 0.916. The first-order valence-corrected chi connectivity index (χ1v) is 7.73. The second kappa shape index (κ2) is 6.46. The maximum absolute atomic E-state index is 7.62. The fourth-order valence-corrected chi connectivity index (χ4v) is 3.30. The predicted molar refractivity (Wildman–Crippen MR) is 86.2 cm³/mol. The average molecular weight is 356 g/mol. The van der Waals surface area contributed by atoms with Gasteiger partial charge >= 0.3 is 0 Å². The molecule has 3 N–H and O–H groups in total. The molecule has 0 heterocycles. The summed E-state index contributed by atoms with van der Waals surface area (Å²) in [5.41, 5.74) is 7.42. The largest absolute Gasteiger partial charge is 0.384 e. The number of amidine groups is 1. The predicted octanol–water partition coefficient (Wildman–Crippen LogP) is 4.68. The zero-order chi connectivity index (χ0) is 13.8. The highest BCUT2D eigenvalue weighted by Gasteiger charge is 2.08. The van der Waals surface area contributed by atoms with Crippen LogP contribution < -0.4 is 5.73 Å². The van der Waals surface area contributed by atoms with E-state index in [-0.39, 0.29) is 5.84 Å². The van der Waals surface area contributed by atoms with Crippen LogP contribution in [0.2, 0.25) is 5.02 Å². The number of nitrogen functional groups attached to an aromatic ring is 1. The van der Waals surface area contributed by atoms with Gasteiger partial charge in [0.15, 0.2) is 0 Å². The van der Waals surface area contributed by atoms with Gasteiger partial charge in [-0.05, 0) is 29.8 Å². The van der Waals surface area contributed by atoms with Crippen molar-refractivity contribution in [1.29, 1.82) is 5.41 Å². The van der Waals surface area contributed by atoms with Crippen LogP contribution in [-0.2, 0) is 5.75 Å². The van der Waals surface area contributed by atoms with Crippen LogP contribution in [0.25, 0.3) is 0 Å². The third kappa shape index (κ3) is 3.75. The molecule has 0 bridgehead atoms. The van der Waals surface area contributed by atoms with Gasteiger partial charge in [0.05, 0.1) is 0 Å². The minimum Gasteiger partial charge on any atom is -0.384 e. The Bertz CT molecular complexity index is 616. The first kappa shape index (κ1) is 14.4. The second-order valence-corrected chi connectivity index (χ2v) is 6.27. The van der Waals surface area contributed by atoms with E-state index in [9.17, 15) is 0 Å². The molecule has 19 heavy (non-hydrogen) atoms. The maximum Gasteiger partial charge on any atom is 0.123 e. The number of thioether (sulfide) groups is 1. The number of nitrogens with one attached hydrogen (secondary N) is 1. The summed E-state index contributed by atoms with van der Waals surface area (Å²) >= 11 is 11.1. The van der Waals surface area contributed by atoms with E-state index in [0.717, 1.165) is 31.3 Å². The quantitative estimate of drug-likeness (QED) is 0.475. The standard InChI is InChI=1S/C14H12BrClN2S/c15-10-5-6-13(11(7-10)14(17)18)19-8-9-3-1-2-4-12(9)16/h1-7H,8H2,(H3,17,18). The molecule has 0 aliphatic carbocycles. The van der Waals surface area contributed by atoms with Crippen molar-refractivity contribution in [3.05, 3.63) is 63.1 Å². The minimum absolute atomic E-state index is 0.0722. The van der Waals surface area contributed by atoms with Crippen LogP contribution in [0.1, 0.15) is 11.1 Å². The van der Waals surface area contributed by atoms with Crippen molar-refractivity contribution >= 4 is 45.1 Å². The van der Waals surface area contributed by atoms with E-state index in [0.29, 0.717) is 0 Å². The topological polar surface area (TPSA) is 49.9 Å². The Kier molecular flexibility index (Phi) is 4.91. The lowest BCUT2D eigenvalue weighted by Crippen LogP contribution is -2.12. The molecule has 0 spiro atoms. The van der Waals surface area contributed by atoms with Crippen molar-refractivity contribution in [3.63, 3.8) is 0 Å². The van der Waals surface area contributed by atoms with Gasteiger partial charge in [-0.15, -0.1) is 11.8 Å². The number of halogens is 2. The molecule has 2 aromatic carbocycles. The molecule has 0 fully saturated rings. The molecule has 0 unspecified atom stereocenters. The SMILES string of the molecule is N=C(N)c1cc(Br)ccc1SCc1ccccc1Cl. The van der Waals surface area contributed by atoms with Crippen LogP contribution in [0.15, 0.2) is 51.8 Å². The van der Waals surface area contributed by atoms with Crippen LogP contribution in [-0.4, -0.2) is 5.84 Å². The molecule has 0 atom stereocenters. The van der Waals surface area contributed by atoms with Gasteiger partial charge in [0.1, 0.15) is 5.84 Å². The molecule has 98 valence electrons. The monoisotopic (exact) mass is 354 g/mol. The number of nitrogens with two attached hydrogens (primary N) is 1. The summed E-state index contributed by atoms with van der Waals surface area (Å²) in [6, 6.07) is 13.5. The van der Waals surface area contributed by atoms with E-state index in [4.69, 9.17) is 22.7 Å². The second-order valence-electron chi connectivity index (χ2n) is 3.93. The third-order valence-electron chi connectivity index (χ3n) is 2.57. The van der Waals surface area contributed by atoms with Gasteiger partial charge < -0.3 is 5.73 Å². The van der Waals surface area contributed by atoms with Gasteiger partial charge in [0, 0.05) is 25.7 Å². The van der Waals surface area contributed by atoms with E-state index in [1.54, 1.807) is 11.8 Å². The summed E-state index contributed by atoms with van der Waals surface area (Å²) in [7, 11) is 0. The lowest BCUT2D eigenvalue weighted by molar-refractivity contribution is 1.32. The van der Waals surface area contributed by atoms with Crippen LogP contribution >= 0.6 is 39.3 Å². The van der Waals surface area contributed by atoms with Gasteiger partial charge in [0.2, 0.25) is 0 Å². The van der Waals surface area contributed by atoms with E-state index >= 15 is 0 Å². The lowest BCUT2D eigenvalue weighted by Gasteiger charge is -2.09. The van der Waals surface area contributed by atoms with E-state index < -0.39 is 0 Å². The summed E-state index contributed by atoms with van der Waals surface area (Å²) in [6.07, 6.45) is 0. The van der Waals surface area contributed by atoms with Crippen molar-refractivity contribution in [3.8, 4) is 0 Å². The highest BCUT2D eigenvalue weighted by molar-refractivity contribution is 9.10. The molecule has 2 rings (SSSR count). The van der Waals surface area contributed by atoms with Gasteiger partial charge in [-0.1, -0.05) is 45.7 Å². The molecular weight excluding hydrogens is 344 g/mol. The highest BCUT2D eigenvalue weighted by Crippen LogP contribution is 2.30. The molecular formula is C14H12BrClN2S. The molecule has 2 aromatic rings. The molecule has 0 aliphatic heterocycles. The van der Waals surface area contributed by atoms with E-state index in [1.807, 2.05) is 42.5 Å². The Morgan fingerprint density at radius 3 is 2.68 bits per heavy atom. The van der Waals surface area contributed by atoms with Crippen molar-refractivity contribution in [2.75, 3.05) is 0 Å². The zero-order valence-electron chi connectivity index (χ0n) is 9.99. The normalized spacial score (nSPS) is 10.4. The summed E-state index contributed by atoms with van der Waals surface area (Å²) in [5, 5.41) is 8.38. The van der Waals surface area contributed by atoms with Crippen molar-refractivity contribution in [2.24, 2.45) is 5.73 Å². The van der Waals surface area contributed by atoms with Gasteiger partial charge in [0.25, 0.3) is 0 Å². The Morgan fingerprint density at radius 2 is 2.00 bits per heavy atom. The van der Waals surface area contributed by atoms with Crippen LogP contribution in [0.5, 0.6) is 0 Å². The minimum atomic E-state index is 0.0722. The smallest absolute Gasteiger partial charge is 0.123 e. The van der Waals surface area contributed by atoms with Crippen LogP contribution in [0.3, 0.4) is 0 Å². The van der Waals surface area contributed by atoms with Crippen LogP contribution in [0, 0.1) is 5.41 Å². The molecule has 0 amide bonds. The summed E-state index contributed by atoms with van der Waals surface area (Å²) in [5.74, 6) is 0.824.